The summed E-state index contributed by atoms with van der Waals surface area (Å²) in [5.41, 5.74) is 1.84. The van der Waals surface area contributed by atoms with Crippen molar-refractivity contribution in [3.63, 3.8) is 0 Å². The molecule has 0 saturated carbocycles. The van der Waals surface area contributed by atoms with Crippen LogP contribution in [0.1, 0.15) is 12.0 Å². The van der Waals surface area contributed by atoms with Gasteiger partial charge in [-0.15, -0.1) is 0 Å². The van der Waals surface area contributed by atoms with Crippen LogP contribution in [0.4, 0.5) is 14.9 Å². The second-order valence-corrected chi connectivity index (χ2v) is 6.73. The largest absolute Gasteiger partial charge is 0.471 e. The van der Waals surface area contributed by atoms with Gasteiger partial charge in [-0.2, -0.15) is 0 Å². The molecule has 1 amide bonds. The minimum atomic E-state index is -0.359. The van der Waals surface area contributed by atoms with Gasteiger partial charge in [0.05, 0.1) is 18.5 Å². The number of oxime groups is 1. The van der Waals surface area contributed by atoms with Gasteiger partial charge in [0.1, 0.15) is 18.7 Å². The lowest BCUT2D eigenvalue weighted by Crippen LogP contribution is -2.49. The van der Waals surface area contributed by atoms with Crippen LogP contribution in [0.3, 0.4) is 0 Å². The third kappa shape index (κ3) is 4.25. The predicted octanol–water partition coefficient (Wildman–Crippen LogP) is 2.27. The Kier molecular flexibility index (Phi) is 5.50. The van der Waals surface area contributed by atoms with E-state index in [-0.39, 0.29) is 24.6 Å². The summed E-state index contributed by atoms with van der Waals surface area (Å²) in [4.78, 5) is 20.5. The molecule has 3 heterocycles. The zero-order chi connectivity index (χ0) is 20.2. The molecule has 154 valence electrons. The standard InChI is InChI=1S/C19H21FN4O5/c1-26-19(25)24-7-5-23(6-8-24)17-3-2-13(10-15(17)20)16-11-14(29-21-16)12-27-18-4-9-28-22-18/h2-4,9-10,14H,5-8,11-12H2,1H3. The van der Waals surface area contributed by atoms with Crippen molar-refractivity contribution >= 4 is 17.5 Å². The van der Waals surface area contributed by atoms with Crippen molar-refractivity contribution in [1.29, 1.82) is 0 Å². The molecule has 4 rings (SSSR count). The van der Waals surface area contributed by atoms with Crippen LogP contribution in [0.5, 0.6) is 5.88 Å². The Balaban J connectivity index is 1.34. The van der Waals surface area contributed by atoms with Crippen LogP contribution in [0.2, 0.25) is 0 Å². The van der Waals surface area contributed by atoms with Crippen LogP contribution in [0.25, 0.3) is 0 Å². The number of ether oxygens (including phenoxy) is 2. The number of methoxy groups -OCH3 is 1. The van der Waals surface area contributed by atoms with E-state index >= 15 is 0 Å². The molecule has 1 fully saturated rings. The van der Waals surface area contributed by atoms with Gasteiger partial charge in [-0.1, -0.05) is 11.2 Å². The van der Waals surface area contributed by atoms with Crippen molar-refractivity contribution in [3.8, 4) is 5.88 Å². The molecule has 9 nitrogen and oxygen atoms in total. The summed E-state index contributed by atoms with van der Waals surface area (Å²) >= 11 is 0. The van der Waals surface area contributed by atoms with E-state index in [4.69, 9.17) is 18.8 Å². The zero-order valence-corrected chi connectivity index (χ0v) is 15.9. The number of hydrogen-bond donors (Lipinski definition) is 0. The number of halogens is 1. The molecule has 2 aliphatic heterocycles. The first kappa shape index (κ1) is 19.0. The summed E-state index contributed by atoms with van der Waals surface area (Å²) in [6.45, 7) is 2.32. The maximum Gasteiger partial charge on any atom is 0.409 e. The highest BCUT2D eigenvalue weighted by Gasteiger charge is 2.26. The average Bonchev–Trinajstić information content (AvgIpc) is 3.44. The molecule has 1 aromatic carbocycles. The lowest BCUT2D eigenvalue weighted by molar-refractivity contribution is 0.0446. The number of benzene rings is 1. The number of carbonyl (C=O) groups is 1. The van der Waals surface area contributed by atoms with Crippen LogP contribution < -0.4 is 9.64 Å². The van der Waals surface area contributed by atoms with Crippen molar-refractivity contribution in [1.82, 2.24) is 10.1 Å². The van der Waals surface area contributed by atoms with Gasteiger partial charge in [-0.3, -0.25) is 0 Å². The Morgan fingerprint density at radius 1 is 1.28 bits per heavy atom. The molecule has 0 aliphatic carbocycles. The van der Waals surface area contributed by atoms with Crippen LogP contribution >= 0.6 is 0 Å². The summed E-state index contributed by atoms with van der Waals surface area (Å²) in [5.74, 6) is 0.0451. The molecule has 0 N–H and O–H groups in total. The highest BCUT2D eigenvalue weighted by atomic mass is 19.1. The Morgan fingerprint density at radius 3 is 2.79 bits per heavy atom. The fourth-order valence-electron chi connectivity index (χ4n) is 3.34. The number of amides is 1. The van der Waals surface area contributed by atoms with E-state index in [9.17, 15) is 9.18 Å². The number of aromatic nitrogens is 1. The Labute approximate surface area is 166 Å². The Bertz CT molecular complexity index is 881. The van der Waals surface area contributed by atoms with Crippen molar-refractivity contribution in [3.05, 3.63) is 41.9 Å². The van der Waals surface area contributed by atoms with E-state index in [1.54, 1.807) is 17.0 Å². The van der Waals surface area contributed by atoms with Gasteiger partial charge in [0.25, 0.3) is 5.88 Å². The zero-order valence-electron chi connectivity index (χ0n) is 15.9. The van der Waals surface area contributed by atoms with Crippen molar-refractivity contribution in [2.75, 3.05) is 44.8 Å². The first-order chi connectivity index (χ1) is 14.1. The Hall–Kier alpha value is -3.30. The fourth-order valence-corrected chi connectivity index (χ4v) is 3.34. The van der Waals surface area contributed by atoms with E-state index in [1.165, 1.54) is 19.4 Å². The highest BCUT2D eigenvalue weighted by Crippen LogP contribution is 2.25. The fraction of sp³-hybridized carbons (Fsp3) is 0.421. The molecule has 2 aliphatic rings. The molecule has 0 bridgehead atoms. The maximum absolute atomic E-state index is 14.8. The lowest BCUT2D eigenvalue weighted by atomic mass is 10.0. The van der Waals surface area contributed by atoms with Gasteiger partial charge in [-0.25, -0.2) is 9.18 Å². The first-order valence-corrected chi connectivity index (χ1v) is 9.27. The van der Waals surface area contributed by atoms with Gasteiger partial charge in [0.15, 0.2) is 6.10 Å². The minimum Gasteiger partial charge on any atom is -0.471 e. The van der Waals surface area contributed by atoms with Crippen LogP contribution in [-0.4, -0.2) is 67.9 Å². The van der Waals surface area contributed by atoms with Gasteiger partial charge >= 0.3 is 6.09 Å². The van der Waals surface area contributed by atoms with E-state index in [1.807, 2.05) is 11.0 Å². The number of rotatable bonds is 5. The topological polar surface area (TPSA) is 89.6 Å². The molecule has 29 heavy (non-hydrogen) atoms. The molecule has 1 aromatic heterocycles. The van der Waals surface area contributed by atoms with Gasteiger partial charge < -0.3 is 28.6 Å². The highest BCUT2D eigenvalue weighted by molar-refractivity contribution is 6.01. The van der Waals surface area contributed by atoms with Crippen LogP contribution in [0, 0.1) is 5.82 Å². The lowest BCUT2D eigenvalue weighted by Gasteiger charge is -2.35. The summed E-state index contributed by atoms with van der Waals surface area (Å²) in [6, 6.07) is 6.63. The Morgan fingerprint density at radius 2 is 2.10 bits per heavy atom. The monoisotopic (exact) mass is 404 g/mol. The summed E-state index contributed by atoms with van der Waals surface area (Å²) in [5, 5.41) is 7.73. The molecule has 1 unspecified atom stereocenters. The molecular weight excluding hydrogens is 383 g/mol. The van der Waals surface area contributed by atoms with E-state index in [0.717, 1.165) is 0 Å². The molecular formula is C19H21FN4O5. The maximum atomic E-state index is 14.8. The van der Waals surface area contributed by atoms with Gasteiger partial charge in [-0.05, 0) is 17.3 Å². The van der Waals surface area contributed by atoms with Gasteiger partial charge in [0, 0.05) is 44.2 Å². The minimum absolute atomic E-state index is 0.268. The normalized spacial score (nSPS) is 19.0. The molecule has 1 saturated heterocycles. The second kappa shape index (κ2) is 8.38. The predicted molar refractivity (Wildman–Crippen MR) is 101 cm³/mol. The van der Waals surface area contributed by atoms with E-state index in [2.05, 4.69) is 10.3 Å². The van der Waals surface area contributed by atoms with Crippen molar-refractivity contribution < 1.29 is 28.0 Å². The summed E-state index contributed by atoms with van der Waals surface area (Å²) in [6.07, 6.45) is 1.30. The number of hydrogen-bond acceptors (Lipinski definition) is 8. The smallest absolute Gasteiger partial charge is 0.409 e. The first-order valence-electron chi connectivity index (χ1n) is 9.27. The molecule has 0 radical (unpaired) electrons. The number of piperazine rings is 1. The quantitative estimate of drug-likeness (QED) is 0.755. The number of nitrogens with zero attached hydrogens (tertiary/aromatic N) is 4. The third-order valence-electron chi connectivity index (χ3n) is 4.90. The summed E-state index contributed by atoms with van der Waals surface area (Å²) < 4.78 is 29.6. The molecule has 2 aromatic rings. The second-order valence-electron chi connectivity index (χ2n) is 6.73. The molecule has 0 spiro atoms. The van der Waals surface area contributed by atoms with E-state index in [0.29, 0.717) is 55.4 Å². The molecule has 10 heteroatoms. The number of anilines is 1. The number of carbonyl (C=O) groups excluding carboxylic acids is 1. The third-order valence-corrected chi connectivity index (χ3v) is 4.90. The van der Waals surface area contributed by atoms with Gasteiger partial charge in [0.2, 0.25) is 0 Å². The summed E-state index contributed by atoms with van der Waals surface area (Å²) in [7, 11) is 1.35. The van der Waals surface area contributed by atoms with Crippen molar-refractivity contribution in [2.24, 2.45) is 5.16 Å². The SMILES string of the molecule is COC(=O)N1CCN(c2ccc(C3=NOC(COc4ccon4)C3)cc2F)CC1. The van der Waals surface area contributed by atoms with Crippen LogP contribution in [0.15, 0.2) is 40.2 Å². The van der Waals surface area contributed by atoms with Crippen LogP contribution in [-0.2, 0) is 9.57 Å². The van der Waals surface area contributed by atoms with E-state index < -0.39 is 0 Å². The average molecular weight is 404 g/mol. The molecule has 1 atom stereocenters. The van der Waals surface area contributed by atoms with Crippen molar-refractivity contribution in [2.45, 2.75) is 12.5 Å².